The van der Waals surface area contributed by atoms with Gasteiger partial charge in [-0.2, -0.15) is 0 Å². The van der Waals surface area contributed by atoms with Crippen molar-refractivity contribution < 1.29 is 9.13 Å². The summed E-state index contributed by atoms with van der Waals surface area (Å²) in [4.78, 5) is 0. The molecule has 0 radical (unpaired) electrons. The highest BCUT2D eigenvalue weighted by atomic mass is 19.1. The lowest BCUT2D eigenvalue weighted by molar-refractivity contribution is 0.424. The molecule has 0 aliphatic heterocycles. The van der Waals surface area contributed by atoms with Crippen LogP contribution in [0.25, 0.3) is 0 Å². The van der Waals surface area contributed by atoms with Crippen molar-refractivity contribution in [3.05, 3.63) is 59.4 Å². The molecule has 0 amide bonds. The van der Waals surface area contributed by atoms with E-state index >= 15 is 0 Å². The Kier molecular flexibility index (Phi) is 4.63. The summed E-state index contributed by atoms with van der Waals surface area (Å²) in [5, 5.41) is 3.46. The highest BCUT2D eigenvalue weighted by Crippen LogP contribution is 2.26. The van der Waals surface area contributed by atoms with Gasteiger partial charge in [0, 0.05) is 12.1 Å². The topological polar surface area (TPSA) is 21.3 Å². The summed E-state index contributed by atoms with van der Waals surface area (Å²) < 4.78 is 18.7. The summed E-state index contributed by atoms with van der Waals surface area (Å²) in [6.07, 6.45) is 0. The van der Waals surface area contributed by atoms with Gasteiger partial charge in [0.15, 0.2) is 0 Å². The molecule has 0 bridgehead atoms. The van der Waals surface area contributed by atoms with Crippen LogP contribution in [0.15, 0.2) is 42.5 Å². The summed E-state index contributed by atoms with van der Waals surface area (Å²) >= 11 is 0. The van der Waals surface area contributed by atoms with Gasteiger partial charge in [-0.1, -0.05) is 12.1 Å². The number of benzene rings is 2. The van der Waals surface area contributed by atoms with Crippen molar-refractivity contribution >= 4 is 0 Å². The number of rotatable bonds is 4. The van der Waals surface area contributed by atoms with E-state index in [1.54, 1.807) is 12.1 Å². The van der Waals surface area contributed by atoms with Gasteiger partial charge in [-0.3, -0.25) is 0 Å². The second kappa shape index (κ2) is 6.27. The Morgan fingerprint density at radius 3 is 2.29 bits per heavy atom. The average Bonchev–Trinajstić information content (AvgIpc) is 2.41. The molecule has 0 saturated carbocycles. The van der Waals surface area contributed by atoms with Gasteiger partial charge in [0.05, 0.1) is 0 Å². The van der Waals surface area contributed by atoms with Crippen LogP contribution in [0.1, 0.15) is 31.9 Å². The fraction of sp³-hybridized carbons (Fsp3) is 0.333. The van der Waals surface area contributed by atoms with E-state index in [4.69, 9.17) is 4.74 Å². The van der Waals surface area contributed by atoms with Gasteiger partial charge in [0.1, 0.15) is 17.3 Å². The molecule has 0 unspecified atom stereocenters. The molecular formula is C18H22FNO. The first-order valence-electron chi connectivity index (χ1n) is 7.11. The van der Waals surface area contributed by atoms with E-state index in [1.165, 1.54) is 17.7 Å². The molecule has 21 heavy (non-hydrogen) atoms. The largest absolute Gasteiger partial charge is 0.457 e. The summed E-state index contributed by atoms with van der Waals surface area (Å²) in [6, 6.07) is 12.2. The number of halogens is 1. The molecule has 0 aliphatic rings. The third-order valence-corrected chi connectivity index (χ3v) is 3.10. The van der Waals surface area contributed by atoms with Crippen molar-refractivity contribution in [2.24, 2.45) is 0 Å². The van der Waals surface area contributed by atoms with E-state index in [9.17, 15) is 4.39 Å². The molecule has 1 N–H and O–H groups in total. The zero-order chi connectivity index (χ0) is 15.5. The summed E-state index contributed by atoms with van der Waals surface area (Å²) in [6.45, 7) is 9.27. The fourth-order valence-corrected chi connectivity index (χ4v) is 1.93. The van der Waals surface area contributed by atoms with Crippen molar-refractivity contribution in [3.8, 4) is 11.5 Å². The molecule has 3 heteroatoms. The van der Waals surface area contributed by atoms with Crippen LogP contribution in [0.2, 0.25) is 0 Å². The molecule has 0 heterocycles. The van der Waals surface area contributed by atoms with Crippen LogP contribution >= 0.6 is 0 Å². The van der Waals surface area contributed by atoms with Crippen LogP contribution in [0.3, 0.4) is 0 Å². The maximum absolute atomic E-state index is 12.9. The number of hydrogen-bond donors (Lipinski definition) is 1. The van der Waals surface area contributed by atoms with Crippen LogP contribution in [-0.4, -0.2) is 5.54 Å². The summed E-state index contributed by atoms with van der Waals surface area (Å²) in [5.74, 6) is 1.17. The Labute approximate surface area is 126 Å². The molecule has 2 rings (SSSR count). The fourth-order valence-electron chi connectivity index (χ4n) is 1.93. The Bertz CT molecular complexity index is 600. The van der Waals surface area contributed by atoms with E-state index in [1.807, 2.05) is 19.1 Å². The molecule has 0 atom stereocenters. The minimum Gasteiger partial charge on any atom is -0.457 e. The third-order valence-electron chi connectivity index (χ3n) is 3.10. The summed E-state index contributed by atoms with van der Waals surface area (Å²) in [5.41, 5.74) is 2.37. The molecule has 0 saturated heterocycles. The molecule has 0 aromatic heterocycles. The Hall–Kier alpha value is -1.87. The SMILES string of the molecule is Cc1cc(CNC(C)(C)C)ccc1Oc1ccc(F)cc1. The number of aryl methyl sites for hydroxylation is 1. The van der Waals surface area contributed by atoms with Crippen LogP contribution in [0, 0.1) is 12.7 Å². The maximum Gasteiger partial charge on any atom is 0.130 e. The molecule has 2 aromatic rings. The monoisotopic (exact) mass is 287 g/mol. The van der Waals surface area contributed by atoms with Crippen LogP contribution in [-0.2, 0) is 6.54 Å². The first kappa shape index (κ1) is 15.5. The normalized spacial score (nSPS) is 11.5. The van der Waals surface area contributed by atoms with Gasteiger partial charge >= 0.3 is 0 Å². The molecule has 2 aromatic carbocycles. The quantitative estimate of drug-likeness (QED) is 0.871. The van der Waals surface area contributed by atoms with E-state index in [0.717, 1.165) is 17.9 Å². The zero-order valence-electron chi connectivity index (χ0n) is 13.0. The molecule has 2 nitrogen and oxygen atoms in total. The highest BCUT2D eigenvalue weighted by molar-refractivity contribution is 5.39. The highest BCUT2D eigenvalue weighted by Gasteiger charge is 2.09. The third kappa shape index (κ3) is 4.87. The van der Waals surface area contributed by atoms with Gasteiger partial charge in [-0.25, -0.2) is 4.39 Å². The predicted molar refractivity (Wildman–Crippen MR) is 84.2 cm³/mol. The van der Waals surface area contributed by atoms with Crippen molar-refractivity contribution in [1.82, 2.24) is 5.32 Å². The van der Waals surface area contributed by atoms with E-state index in [0.29, 0.717) is 5.75 Å². The standard InChI is InChI=1S/C18H22FNO/c1-13-11-14(12-20-18(2,3)4)5-10-17(13)21-16-8-6-15(19)7-9-16/h5-11,20H,12H2,1-4H3. The van der Waals surface area contributed by atoms with Crippen molar-refractivity contribution in [3.63, 3.8) is 0 Å². The van der Waals surface area contributed by atoms with Crippen molar-refractivity contribution in [2.45, 2.75) is 39.8 Å². The van der Waals surface area contributed by atoms with Gasteiger partial charge in [0.25, 0.3) is 0 Å². The van der Waals surface area contributed by atoms with Crippen LogP contribution < -0.4 is 10.1 Å². The molecule has 0 aliphatic carbocycles. The minimum absolute atomic E-state index is 0.0944. The summed E-state index contributed by atoms with van der Waals surface area (Å²) in [7, 11) is 0. The molecule has 112 valence electrons. The van der Waals surface area contributed by atoms with Gasteiger partial charge in [-0.05, 0) is 69.2 Å². The van der Waals surface area contributed by atoms with Crippen molar-refractivity contribution in [2.75, 3.05) is 0 Å². The van der Waals surface area contributed by atoms with E-state index in [-0.39, 0.29) is 11.4 Å². The van der Waals surface area contributed by atoms with Crippen LogP contribution in [0.4, 0.5) is 4.39 Å². The van der Waals surface area contributed by atoms with E-state index in [2.05, 4.69) is 32.2 Å². The van der Waals surface area contributed by atoms with Crippen molar-refractivity contribution in [1.29, 1.82) is 0 Å². The number of nitrogens with one attached hydrogen (secondary N) is 1. The average molecular weight is 287 g/mol. The minimum atomic E-state index is -0.261. The van der Waals surface area contributed by atoms with Crippen LogP contribution in [0.5, 0.6) is 11.5 Å². The first-order chi connectivity index (χ1) is 9.83. The zero-order valence-corrected chi connectivity index (χ0v) is 13.0. The Morgan fingerprint density at radius 1 is 1.05 bits per heavy atom. The second-order valence-corrected chi connectivity index (χ2v) is 6.26. The lowest BCUT2D eigenvalue weighted by Gasteiger charge is -2.21. The smallest absolute Gasteiger partial charge is 0.130 e. The lowest BCUT2D eigenvalue weighted by atomic mass is 10.1. The number of hydrogen-bond acceptors (Lipinski definition) is 2. The maximum atomic E-state index is 12.9. The predicted octanol–water partition coefficient (Wildman–Crippen LogP) is 4.81. The molecule has 0 fully saturated rings. The van der Waals surface area contributed by atoms with Gasteiger partial charge < -0.3 is 10.1 Å². The van der Waals surface area contributed by atoms with Gasteiger partial charge in [-0.15, -0.1) is 0 Å². The Morgan fingerprint density at radius 2 is 1.71 bits per heavy atom. The second-order valence-electron chi connectivity index (χ2n) is 6.26. The number of ether oxygens (including phenoxy) is 1. The molecule has 0 spiro atoms. The Balaban J connectivity index is 2.07. The first-order valence-corrected chi connectivity index (χ1v) is 7.11. The van der Waals surface area contributed by atoms with E-state index < -0.39 is 0 Å². The lowest BCUT2D eigenvalue weighted by Crippen LogP contribution is -2.35. The molecular weight excluding hydrogens is 265 g/mol. The van der Waals surface area contributed by atoms with Gasteiger partial charge in [0.2, 0.25) is 0 Å².